The number of esters is 1. The van der Waals surface area contributed by atoms with Gasteiger partial charge in [0.2, 0.25) is 0 Å². The van der Waals surface area contributed by atoms with Crippen molar-refractivity contribution < 1.29 is 18.7 Å². The van der Waals surface area contributed by atoms with Crippen LogP contribution < -0.4 is 5.32 Å². The van der Waals surface area contributed by atoms with Crippen LogP contribution in [0, 0.1) is 5.82 Å². The summed E-state index contributed by atoms with van der Waals surface area (Å²) < 4.78 is 18.4. The Morgan fingerprint density at radius 3 is 2.42 bits per heavy atom. The zero-order valence-corrected chi connectivity index (χ0v) is 14.6. The first-order valence-corrected chi connectivity index (χ1v) is 8.66. The molecule has 1 unspecified atom stereocenters. The molecule has 6 heteroatoms. The molecule has 5 nitrogen and oxygen atoms in total. The number of amides is 1. The quantitative estimate of drug-likeness (QED) is 0.829. The second-order valence-corrected chi connectivity index (χ2v) is 6.26. The summed E-state index contributed by atoms with van der Waals surface area (Å²) in [6, 6.07) is 12.7. The molecule has 1 N–H and O–H groups in total. The Kier molecular flexibility index (Phi) is 5.51. The number of likely N-dealkylation sites (tertiary alicyclic amines) is 1. The average molecular weight is 356 g/mol. The van der Waals surface area contributed by atoms with Crippen molar-refractivity contribution >= 4 is 23.3 Å². The molecule has 0 bridgehead atoms. The molecule has 0 saturated carbocycles. The highest BCUT2D eigenvalue weighted by molar-refractivity contribution is 5.98. The number of hydrogen-bond donors (Lipinski definition) is 1. The Bertz CT molecular complexity index is 786. The number of halogens is 1. The van der Waals surface area contributed by atoms with Gasteiger partial charge in [-0.15, -0.1) is 0 Å². The monoisotopic (exact) mass is 356 g/mol. The number of ether oxygens (including phenoxy) is 1. The summed E-state index contributed by atoms with van der Waals surface area (Å²) in [5.41, 5.74) is 1.50. The summed E-state index contributed by atoms with van der Waals surface area (Å²) in [5, 5.41) is 3.08. The molecule has 2 aromatic carbocycles. The van der Waals surface area contributed by atoms with Gasteiger partial charge < -0.3 is 15.0 Å². The maximum absolute atomic E-state index is 13.0. The minimum absolute atomic E-state index is 0.167. The number of benzene rings is 2. The molecular formula is C20H21FN2O3. The van der Waals surface area contributed by atoms with E-state index >= 15 is 0 Å². The summed E-state index contributed by atoms with van der Waals surface area (Å²) in [5.74, 6) is -1.08. The summed E-state index contributed by atoms with van der Waals surface area (Å²) in [6.07, 6.45) is 1.13. The molecule has 26 heavy (non-hydrogen) atoms. The van der Waals surface area contributed by atoms with Gasteiger partial charge in [-0.25, -0.2) is 9.18 Å². The predicted octanol–water partition coefficient (Wildman–Crippen LogP) is 3.74. The molecular weight excluding hydrogens is 335 g/mol. The maximum Gasteiger partial charge on any atom is 0.341 e. The molecule has 0 aromatic heterocycles. The van der Waals surface area contributed by atoms with Crippen LogP contribution in [0.15, 0.2) is 48.5 Å². The highest BCUT2D eigenvalue weighted by atomic mass is 19.1. The Labute approximate surface area is 151 Å². The zero-order valence-electron chi connectivity index (χ0n) is 14.6. The summed E-state index contributed by atoms with van der Waals surface area (Å²) in [4.78, 5) is 26.6. The van der Waals surface area contributed by atoms with Gasteiger partial charge in [-0.3, -0.25) is 4.79 Å². The van der Waals surface area contributed by atoms with Crippen LogP contribution in [0.2, 0.25) is 0 Å². The van der Waals surface area contributed by atoms with E-state index in [1.165, 1.54) is 12.1 Å². The van der Waals surface area contributed by atoms with E-state index in [1.807, 2.05) is 0 Å². The van der Waals surface area contributed by atoms with Gasteiger partial charge in [-0.1, -0.05) is 12.1 Å². The molecule has 0 spiro atoms. The van der Waals surface area contributed by atoms with Gasteiger partial charge in [0.1, 0.15) is 5.82 Å². The number of carbonyl (C=O) groups excluding carboxylic acids is 2. The topological polar surface area (TPSA) is 58.6 Å². The molecule has 1 amide bonds. The Hall–Kier alpha value is -2.89. The third-order valence-corrected chi connectivity index (χ3v) is 4.32. The molecule has 2 aromatic rings. The highest BCUT2D eigenvalue weighted by Gasteiger charge is 2.27. The fraction of sp³-hybridized carbons (Fsp3) is 0.300. The van der Waals surface area contributed by atoms with Crippen LogP contribution in [-0.4, -0.2) is 36.0 Å². The third-order valence-electron chi connectivity index (χ3n) is 4.32. The number of nitrogens with zero attached hydrogens (tertiary/aromatic N) is 1. The first-order valence-electron chi connectivity index (χ1n) is 8.66. The molecule has 3 rings (SSSR count). The van der Waals surface area contributed by atoms with E-state index in [-0.39, 0.29) is 11.7 Å². The summed E-state index contributed by atoms with van der Waals surface area (Å²) in [7, 11) is 0. The van der Waals surface area contributed by atoms with Crippen molar-refractivity contribution in [2.75, 3.05) is 18.4 Å². The number of rotatable bonds is 5. The first kappa shape index (κ1) is 17.9. The summed E-state index contributed by atoms with van der Waals surface area (Å²) >= 11 is 0. The molecule has 1 atom stereocenters. The Morgan fingerprint density at radius 2 is 1.73 bits per heavy atom. The van der Waals surface area contributed by atoms with Gasteiger partial charge in [0.15, 0.2) is 6.10 Å². The third kappa shape index (κ3) is 4.20. The molecule has 136 valence electrons. The van der Waals surface area contributed by atoms with Crippen LogP contribution >= 0.6 is 0 Å². The van der Waals surface area contributed by atoms with Crippen molar-refractivity contribution in [1.82, 2.24) is 4.90 Å². The van der Waals surface area contributed by atoms with Crippen LogP contribution in [0.1, 0.15) is 30.1 Å². The van der Waals surface area contributed by atoms with Crippen LogP contribution in [0.25, 0.3) is 0 Å². The van der Waals surface area contributed by atoms with E-state index in [1.54, 1.807) is 48.2 Å². The fourth-order valence-electron chi connectivity index (χ4n) is 2.93. The largest absolute Gasteiger partial charge is 0.449 e. The van der Waals surface area contributed by atoms with E-state index in [0.717, 1.165) is 12.8 Å². The van der Waals surface area contributed by atoms with E-state index in [9.17, 15) is 14.0 Å². The van der Waals surface area contributed by atoms with Crippen molar-refractivity contribution in [2.24, 2.45) is 0 Å². The number of nitrogens with one attached hydrogen (secondary N) is 1. The molecule has 1 saturated heterocycles. The molecule has 1 aliphatic heterocycles. The van der Waals surface area contributed by atoms with E-state index in [4.69, 9.17) is 4.74 Å². The van der Waals surface area contributed by atoms with Gasteiger partial charge in [0, 0.05) is 18.8 Å². The van der Waals surface area contributed by atoms with Crippen LogP contribution in [-0.2, 0) is 9.53 Å². The lowest BCUT2D eigenvalue weighted by Gasteiger charge is -2.21. The smallest absolute Gasteiger partial charge is 0.341 e. The van der Waals surface area contributed by atoms with Gasteiger partial charge in [0.05, 0.1) is 11.3 Å². The molecule has 1 aliphatic rings. The van der Waals surface area contributed by atoms with Crippen LogP contribution in [0.5, 0.6) is 0 Å². The minimum atomic E-state index is -0.834. The van der Waals surface area contributed by atoms with Crippen LogP contribution in [0.3, 0.4) is 0 Å². The number of para-hydroxylation sites is 1. The fourth-order valence-corrected chi connectivity index (χ4v) is 2.93. The SMILES string of the molecule is CC(OC(=O)c1ccccc1Nc1ccc(F)cc1)C(=O)N1CCCC1. The number of hydrogen-bond acceptors (Lipinski definition) is 4. The van der Waals surface area contributed by atoms with Crippen molar-refractivity contribution in [3.8, 4) is 0 Å². The van der Waals surface area contributed by atoms with Gasteiger partial charge >= 0.3 is 5.97 Å². The first-order chi connectivity index (χ1) is 12.5. The lowest BCUT2D eigenvalue weighted by molar-refractivity contribution is -0.138. The second kappa shape index (κ2) is 7.99. The maximum atomic E-state index is 13.0. The van der Waals surface area contributed by atoms with Gasteiger partial charge in [-0.2, -0.15) is 0 Å². The predicted molar refractivity (Wildman–Crippen MR) is 96.8 cm³/mol. The molecule has 0 radical (unpaired) electrons. The standard InChI is InChI=1S/C20H21FN2O3/c1-14(19(24)23-12-4-5-13-23)26-20(25)17-6-2-3-7-18(17)22-16-10-8-15(21)9-11-16/h2-3,6-11,14,22H,4-5,12-13H2,1H3. The zero-order chi connectivity index (χ0) is 18.5. The van der Waals surface area contributed by atoms with Crippen molar-refractivity contribution in [2.45, 2.75) is 25.9 Å². The highest BCUT2D eigenvalue weighted by Crippen LogP contribution is 2.22. The van der Waals surface area contributed by atoms with E-state index in [0.29, 0.717) is 30.0 Å². The Morgan fingerprint density at radius 1 is 1.08 bits per heavy atom. The molecule has 0 aliphatic carbocycles. The van der Waals surface area contributed by atoms with E-state index < -0.39 is 12.1 Å². The van der Waals surface area contributed by atoms with Crippen molar-refractivity contribution in [3.63, 3.8) is 0 Å². The number of carbonyl (C=O) groups is 2. The number of anilines is 2. The minimum Gasteiger partial charge on any atom is -0.449 e. The van der Waals surface area contributed by atoms with Gasteiger partial charge in [-0.05, 0) is 56.2 Å². The van der Waals surface area contributed by atoms with Crippen molar-refractivity contribution in [1.29, 1.82) is 0 Å². The second-order valence-electron chi connectivity index (χ2n) is 6.26. The Balaban J connectivity index is 1.70. The van der Waals surface area contributed by atoms with Crippen LogP contribution in [0.4, 0.5) is 15.8 Å². The van der Waals surface area contributed by atoms with Gasteiger partial charge in [0.25, 0.3) is 5.91 Å². The average Bonchev–Trinajstić information content (AvgIpc) is 3.18. The normalized spacial score (nSPS) is 14.8. The van der Waals surface area contributed by atoms with E-state index in [2.05, 4.69) is 5.32 Å². The lowest BCUT2D eigenvalue weighted by atomic mass is 10.1. The molecule has 1 fully saturated rings. The summed E-state index contributed by atoms with van der Waals surface area (Å²) in [6.45, 7) is 3.02. The lowest BCUT2D eigenvalue weighted by Crippen LogP contribution is -2.38. The van der Waals surface area contributed by atoms with Crippen molar-refractivity contribution in [3.05, 3.63) is 59.9 Å². The molecule has 1 heterocycles.